The predicted octanol–water partition coefficient (Wildman–Crippen LogP) is 3.94. The number of aliphatic hydroxyl groups excluding tert-OH is 1. The molecule has 28 heavy (non-hydrogen) atoms. The van der Waals surface area contributed by atoms with Crippen LogP contribution >= 0.6 is 0 Å². The number of benzene rings is 2. The summed E-state index contributed by atoms with van der Waals surface area (Å²) in [5, 5.41) is 12.5. The van der Waals surface area contributed by atoms with E-state index in [1.165, 1.54) is 6.08 Å². The molecule has 1 aliphatic rings. The van der Waals surface area contributed by atoms with Crippen LogP contribution in [0.1, 0.15) is 37.3 Å². The van der Waals surface area contributed by atoms with Crippen LogP contribution in [0.5, 0.6) is 0 Å². The van der Waals surface area contributed by atoms with E-state index in [2.05, 4.69) is 28.1 Å². The summed E-state index contributed by atoms with van der Waals surface area (Å²) in [5.41, 5.74) is 4.10. The lowest BCUT2D eigenvalue weighted by Gasteiger charge is -2.28. The second kappa shape index (κ2) is 7.98. The fourth-order valence-corrected chi connectivity index (χ4v) is 3.97. The standard InChI is InChI=1S/C23H25N3O2/c1-24-22(28)14-9-16-5-4-6-17(15-16)23-25-20-7-2-3-8-21(20)26(23)18-10-12-19(27)13-11-18/h2-9,14-15,18-19,27H,10-13H2,1H3,(H,24,28)/b14-9+/t18-,19-. The Morgan fingerprint density at radius 2 is 1.93 bits per heavy atom. The topological polar surface area (TPSA) is 67.2 Å². The molecule has 0 spiro atoms. The van der Waals surface area contributed by atoms with Gasteiger partial charge < -0.3 is 15.0 Å². The lowest BCUT2D eigenvalue weighted by molar-refractivity contribution is -0.115. The van der Waals surface area contributed by atoms with Crippen LogP contribution in [0, 0.1) is 0 Å². The van der Waals surface area contributed by atoms with Gasteiger partial charge in [0.05, 0.1) is 17.1 Å². The first kappa shape index (κ1) is 18.4. The quantitative estimate of drug-likeness (QED) is 0.679. The van der Waals surface area contributed by atoms with Crippen molar-refractivity contribution in [1.82, 2.24) is 14.9 Å². The molecule has 3 aromatic rings. The maximum Gasteiger partial charge on any atom is 0.243 e. The van der Waals surface area contributed by atoms with Gasteiger partial charge in [0.25, 0.3) is 0 Å². The van der Waals surface area contributed by atoms with E-state index in [0.717, 1.165) is 53.7 Å². The summed E-state index contributed by atoms with van der Waals surface area (Å²) in [4.78, 5) is 16.4. The summed E-state index contributed by atoms with van der Waals surface area (Å²) >= 11 is 0. The van der Waals surface area contributed by atoms with Gasteiger partial charge in [-0.1, -0.05) is 30.3 Å². The summed E-state index contributed by atoms with van der Waals surface area (Å²) < 4.78 is 2.34. The molecule has 0 atom stereocenters. The predicted molar refractivity (Wildman–Crippen MR) is 112 cm³/mol. The van der Waals surface area contributed by atoms with Gasteiger partial charge in [-0.2, -0.15) is 0 Å². The van der Waals surface area contributed by atoms with Crippen LogP contribution in [0.4, 0.5) is 0 Å². The van der Waals surface area contributed by atoms with E-state index in [1.807, 2.05) is 36.4 Å². The third-order valence-electron chi connectivity index (χ3n) is 5.45. The van der Waals surface area contributed by atoms with Crippen molar-refractivity contribution in [3.63, 3.8) is 0 Å². The summed E-state index contributed by atoms with van der Waals surface area (Å²) in [7, 11) is 1.62. The van der Waals surface area contributed by atoms with Gasteiger partial charge in [-0.15, -0.1) is 0 Å². The average Bonchev–Trinajstić information content (AvgIpc) is 3.12. The van der Waals surface area contributed by atoms with Gasteiger partial charge in [0.2, 0.25) is 5.91 Å². The number of nitrogens with one attached hydrogen (secondary N) is 1. The van der Waals surface area contributed by atoms with E-state index in [9.17, 15) is 9.90 Å². The molecule has 0 saturated heterocycles. The minimum atomic E-state index is -0.187. The lowest BCUT2D eigenvalue weighted by atomic mass is 9.92. The van der Waals surface area contributed by atoms with Gasteiger partial charge in [-0.3, -0.25) is 4.79 Å². The number of likely N-dealkylation sites (N-methyl/N-ethyl adjacent to an activating group) is 1. The van der Waals surface area contributed by atoms with E-state index >= 15 is 0 Å². The van der Waals surface area contributed by atoms with Gasteiger partial charge in [0, 0.05) is 24.7 Å². The molecule has 0 unspecified atom stereocenters. The normalized spacial score (nSPS) is 19.9. The Morgan fingerprint density at radius 3 is 2.71 bits per heavy atom. The highest BCUT2D eigenvalue weighted by molar-refractivity contribution is 5.91. The minimum Gasteiger partial charge on any atom is -0.393 e. The van der Waals surface area contributed by atoms with Gasteiger partial charge in [-0.05, 0) is 55.5 Å². The number of para-hydroxylation sites is 2. The third-order valence-corrected chi connectivity index (χ3v) is 5.45. The van der Waals surface area contributed by atoms with Crippen LogP contribution in [0.3, 0.4) is 0 Å². The summed E-state index contributed by atoms with van der Waals surface area (Å²) in [6.45, 7) is 0. The molecule has 2 aromatic carbocycles. The molecule has 1 aromatic heterocycles. The third kappa shape index (κ3) is 3.71. The van der Waals surface area contributed by atoms with Crippen LogP contribution in [-0.2, 0) is 4.79 Å². The lowest BCUT2D eigenvalue weighted by Crippen LogP contribution is -2.21. The number of carbonyl (C=O) groups excluding carboxylic acids is 1. The molecule has 1 fully saturated rings. The van der Waals surface area contributed by atoms with Gasteiger partial charge in [0.1, 0.15) is 5.82 Å². The van der Waals surface area contributed by atoms with Crippen molar-refractivity contribution < 1.29 is 9.90 Å². The number of rotatable bonds is 4. The van der Waals surface area contributed by atoms with Crippen molar-refractivity contribution in [2.75, 3.05) is 7.05 Å². The molecule has 4 rings (SSSR count). The minimum absolute atomic E-state index is 0.126. The number of nitrogens with zero attached hydrogens (tertiary/aromatic N) is 2. The van der Waals surface area contributed by atoms with Gasteiger partial charge in [0.15, 0.2) is 0 Å². The smallest absolute Gasteiger partial charge is 0.243 e. The molecule has 1 heterocycles. The molecular weight excluding hydrogens is 350 g/mol. The molecule has 1 amide bonds. The fraction of sp³-hybridized carbons (Fsp3) is 0.304. The summed E-state index contributed by atoms with van der Waals surface area (Å²) in [5.74, 6) is 0.816. The maximum atomic E-state index is 11.5. The number of carbonyl (C=O) groups is 1. The van der Waals surface area contributed by atoms with Crippen LogP contribution in [0.15, 0.2) is 54.6 Å². The van der Waals surface area contributed by atoms with Crippen molar-refractivity contribution in [2.45, 2.75) is 37.8 Å². The molecule has 0 radical (unpaired) electrons. The number of amides is 1. The first-order chi connectivity index (χ1) is 13.7. The molecule has 0 aliphatic heterocycles. The zero-order valence-corrected chi connectivity index (χ0v) is 16.0. The highest BCUT2D eigenvalue weighted by Crippen LogP contribution is 2.36. The highest BCUT2D eigenvalue weighted by atomic mass is 16.3. The monoisotopic (exact) mass is 375 g/mol. The first-order valence-electron chi connectivity index (χ1n) is 9.81. The number of hydrogen-bond acceptors (Lipinski definition) is 3. The van der Waals surface area contributed by atoms with Gasteiger partial charge in [-0.25, -0.2) is 4.98 Å². The van der Waals surface area contributed by atoms with Gasteiger partial charge >= 0.3 is 0 Å². The Balaban J connectivity index is 1.77. The number of aliphatic hydroxyl groups is 1. The van der Waals surface area contributed by atoms with E-state index in [4.69, 9.17) is 4.98 Å². The Bertz CT molecular complexity index is 1010. The van der Waals surface area contributed by atoms with Crippen molar-refractivity contribution in [3.05, 3.63) is 60.2 Å². The Kier molecular flexibility index (Phi) is 5.26. The first-order valence-corrected chi connectivity index (χ1v) is 9.81. The zero-order chi connectivity index (χ0) is 19.5. The summed E-state index contributed by atoms with van der Waals surface area (Å²) in [6, 6.07) is 16.6. The van der Waals surface area contributed by atoms with Crippen LogP contribution in [0.25, 0.3) is 28.5 Å². The molecule has 5 nitrogen and oxygen atoms in total. The SMILES string of the molecule is CNC(=O)/C=C/c1cccc(-c2nc3ccccc3n2[C@H]2CC[C@H](O)CC2)c1. The molecule has 2 N–H and O–H groups in total. The number of fused-ring (bicyclic) bond motifs is 1. The van der Waals surface area contributed by atoms with E-state index in [-0.39, 0.29) is 12.0 Å². The van der Waals surface area contributed by atoms with Crippen LogP contribution < -0.4 is 5.32 Å². The number of hydrogen-bond donors (Lipinski definition) is 2. The van der Waals surface area contributed by atoms with Crippen LogP contribution in [-0.4, -0.2) is 33.7 Å². The molecule has 144 valence electrons. The second-order valence-electron chi connectivity index (χ2n) is 7.33. The second-order valence-corrected chi connectivity index (χ2v) is 7.33. The summed E-state index contributed by atoms with van der Waals surface area (Å²) in [6.07, 6.45) is 6.71. The Hall–Kier alpha value is -2.92. The zero-order valence-electron chi connectivity index (χ0n) is 16.0. The van der Waals surface area contributed by atoms with E-state index in [0.29, 0.717) is 6.04 Å². The fourth-order valence-electron chi connectivity index (χ4n) is 3.97. The molecule has 5 heteroatoms. The maximum absolute atomic E-state index is 11.5. The Morgan fingerprint density at radius 1 is 1.14 bits per heavy atom. The number of imidazole rings is 1. The largest absolute Gasteiger partial charge is 0.393 e. The van der Waals surface area contributed by atoms with Crippen molar-refractivity contribution in [1.29, 1.82) is 0 Å². The van der Waals surface area contributed by atoms with Crippen LogP contribution in [0.2, 0.25) is 0 Å². The molecular formula is C23H25N3O2. The highest BCUT2D eigenvalue weighted by Gasteiger charge is 2.25. The van der Waals surface area contributed by atoms with E-state index < -0.39 is 0 Å². The molecule has 0 bridgehead atoms. The average molecular weight is 375 g/mol. The number of aromatic nitrogens is 2. The van der Waals surface area contributed by atoms with Crippen molar-refractivity contribution in [2.24, 2.45) is 0 Å². The molecule has 1 aliphatic carbocycles. The van der Waals surface area contributed by atoms with Crippen molar-refractivity contribution >= 4 is 23.0 Å². The van der Waals surface area contributed by atoms with Crippen molar-refractivity contribution in [3.8, 4) is 11.4 Å². The Labute approximate surface area is 164 Å². The van der Waals surface area contributed by atoms with E-state index in [1.54, 1.807) is 7.05 Å². The molecule has 1 saturated carbocycles.